The van der Waals surface area contributed by atoms with Crippen molar-refractivity contribution in [3.63, 3.8) is 0 Å². The van der Waals surface area contributed by atoms with Crippen LogP contribution in [-0.2, 0) is 40.1 Å². The van der Waals surface area contributed by atoms with Gasteiger partial charge in [0.2, 0.25) is 40.1 Å². The van der Waals surface area contributed by atoms with Crippen molar-refractivity contribution in [1.29, 1.82) is 0 Å². The van der Waals surface area contributed by atoms with E-state index in [9.17, 15) is 33.7 Å². The van der Waals surface area contributed by atoms with E-state index >= 15 is 0 Å². The van der Waals surface area contributed by atoms with Crippen LogP contribution in [0, 0.1) is 47.3 Å². The lowest BCUT2D eigenvalue weighted by Crippen LogP contribution is -2.37. The van der Waals surface area contributed by atoms with Crippen molar-refractivity contribution in [3.8, 4) is 0 Å². The van der Waals surface area contributed by atoms with Gasteiger partial charge in [0.25, 0.3) is 0 Å². The Morgan fingerprint density at radius 3 is 0.519 bits per heavy atom. The summed E-state index contributed by atoms with van der Waals surface area (Å²) in [4.78, 5) is 0. The van der Waals surface area contributed by atoms with Gasteiger partial charge in [0.15, 0.2) is 0 Å². The summed E-state index contributed by atoms with van der Waals surface area (Å²) >= 11 is 0. The summed E-state index contributed by atoms with van der Waals surface area (Å²) in [5.41, 5.74) is 0. The molecule has 0 fully saturated rings. The highest BCUT2D eigenvalue weighted by Gasteiger charge is 2.32. The standard InChI is InChI=1S/4C9H19NO2S/c4*1-5-6-8(4)9(7(2)3)13(10,11)12/h4*5,7-9H,1,6H2,2-4H3,(H2,10,11,12)/t2*8-,9+;2*8-,9-/m1010/s1. The monoisotopic (exact) mass is 820 g/mol. The molecule has 312 valence electrons. The van der Waals surface area contributed by atoms with E-state index in [0.29, 0.717) is 25.7 Å². The predicted octanol–water partition coefficient (Wildman–Crippen LogP) is 6.05. The molecule has 0 radical (unpaired) electrons. The summed E-state index contributed by atoms with van der Waals surface area (Å²) in [5, 5.41) is 18.7. The first-order valence-corrected chi connectivity index (χ1v) is 24.2. The number of rotatable bonds is 20. The molecule has 0 aromatic carbocycles. The van der Waals surface area contributed by atoms with Crippen LogP contribution in [0.1, 0.15) is 109 Å². The van der Waals surface area contributed by atoms with Gasteiger partial charge in [-0.3, -0.25) is 0 Å². The zero-order valence-electron chi connectivity index (χ0n) is 34.1. The fourth-order valence-electron chi connectivity index (χ4n) is 7.03. The van der Waals surface area contributed by atoms with E-state index in [0.717, 1.165) is 0 Å². The quantitative estimate of drug-likeness (QED) is 0.105. The van der Waals surface area contributed by atoms with Gasteiger partial charge >= 0.3 is 0 Å². The number of hydrogen-bond donors (Lipinski definition) is 4. The minimum absolute atomic E-state index is 0.0347. The first-order valence-electron chi connectivity index (χ1n) is 17.7. The minimum Gasteiger partial charge on any atom is -0.228 e. The van der Waals surface area contributed by atoms with Crippen LogP contribution in [0.15, 0.2) is 50.6 Å². The van der Waals surface area contributed by atoms with Gasteiger partial charge in [-0.05, 0) is 73.0 Å². The fourth-order valence-corrected chi connectivity index (χ4v) is 13.1. The third kappa shape index (κ3) is 24.8. The van der Waals surface area contributed by atoms with E-state index in [4.69, 9.17) is 20.6 Å². The molecule has 52 heavy (non-hydrogen) atoms. The van der Waals surface area contributed by atoms with Crippen LogP contribution in [0.25, 0.3) is 0 Å². The van der Waals surface area contributed by atoms with Crippen LogP contribution >= 0.6 is 0 Å². The van der Waals surface area contributed by atoms with Crippen molar-refractivity contribution in [2.24, 2.45) is 67.9 Å². The maximum Gasteiger partial charge on any atom is 0.212 e. The lowest BCUT2D eigenvalue weighted by Gasteiger charge is -2.24. The highest BCUT2D eigenvalue weighted by Crippen LogP contribution is 2.24. The molecule has 0 aromatic rings. The van der Waals surface area contributed by atoms with Gasteiger partial charge in [-0.25, -0.2) is 54.2 Å². The molecule has 0 saturated heterocycles. The molecule has 0 aliphatic rings. The average molecular weight is 821 g/mol. The lowest BCUT2D eigenvalue weighted by molar-refractivity contribution is 0.429. The van der Waals surface area contributed by atoms with Crippen LogP contribution in [0.3, 0.4) is 0 Å². The summed E-state index contributed by atoms with van der Waals surface area (Å²) in [5.74, 6) is 0.324. The molecular formula is C36H76N4O8S4. The van der Waals surface area contributed by atoms with Gasteiger partial charge in [0, 0.05) is 0 Å². The third-order valence-corrected chi connectivity index (χ3v) is 15.6. The summed E-state index contributed by atoms with van der Waals surface area (Å²) in [7, 11) is -13.7. The molecule has 8 N–H and O–H groups in total. The predicted molar refractivity (Wildman–Crippen MR) is 223 cm³/mol. The van der Waals surface area contributed by atoms with Gasteiger partial charge in [-0.15, -0.1) is 26.3 Å². The van der Waals surface area contributed by atoms with Crippen LogP contribution < -0.4 is 20.6 Å². The maximum absolute atomic E-state index is 11.2. The lowest BCUT2D eigenvalue weighted by atomic mass is 9.95. The number of primary sulfonamides is 4. The number of allylic oxidation sites excluding steroid dienone is 4. The minimum atomic E-state index is -3.43. The van der Waals surface area contributed by atoms with Crippen molar-refractivity contribution in [3.05, 3.63) is 50.6 Å². The second-order valence-electron chi connectivity index (χ2n) is 15.2. The van der Waals surface area contributed by atoms with E-state index in [1.807, 2.05) is 83.1 Å². The zero-order valence-corrected chi connectivity index (χ0v) is 37.4. The largest absolute Gasteiger partial charge is 0.228 e. The number of sulfonamides is 4. The Morgan fingerprint density at radius 2 is 0.462 bits per heavy atom. The first-order chi connectivity index (χ1) is 23.2. The summed E-state index contributed by atoms with van der Waals surface area (Å²) in [6.45, 7) is 36.9. The summed E-state index contributed by atoms with van der Waals surface area (Å²) < 4.78 is 89.9. The molecule has 0 amide bonds. The molecule has 16 heteroatoms. The Hall–Kier alpha value is -1.40. The number of hydrogen-bond acceptors (Lipinski definition) is 8. The average Bonchev–Trinajstić information content (AvgIpc) is 2.86. The van der Waals surface area contributed by atoms with E-state index in [1.165, 1.54) is 0 Å². The van der Waals surface area contributed by atoms with E-state index in [2.05, 4.69) is 26.3 Å². The maximum atomic E-state index is 11.2. The normalized spacial score (nSPS) is 17.0. The van der Waals surface area contributed by atoms with Gasteiger partial charge in [0.1, 0.15) is 0 Å². The van der Waals surface area contributed by atoms with Crippen molar-refractivity contribution >= 4 is 40.1 Å². The number of nitrogens with two attached hydrogens (primary N) is 4. The molecular weight excluding hydrogens is 745 g/mol. The van der Waals surface area contributed by atoms with Crippen LogP contribution in [0.5, 0.6) is 0 Å². The zero-order chi connectivity index (χ0) is 42.6. The molecule has 0 aromatic heterocycles. The molecule has 12 nitrogen and oxygen atoms in total. The molecule has 0 heterocycles. The molecule has 0 spiro atoms. The van der Waals surface area contributed by atoms with Gasteiger partial charge in [-0.2, -0.15) is 0 Å². The van der Waals surface area contributed by atoms with Gasteiger partial charge in [-0.1, -0.05) is 107 Å². The fraction of sp³-hybridized carbons (Fsp3) is 0.778. The topological polar surface area (TPSA) is 241 Å². The molecule has 0 rings (SSSR count). The smallest absolute Gasteiger partial charge is 0.212 e. The molecule has 0 saturated carbocycles. The van der Waals surface area contributed by atoms with Crippen molar-refractivity contribution < 1.29 is 33.7 Å². The Kier molecular flexibility index (Phi) is 29.1. The third-order valence-electron chi connectivity index (χ3n) is 8.54. The Balaban J connectivity index is -0.000000295. The molecule has 0 bridgehead atoms. The second kappa shape index (κ2) is 26.4. The molecule has 0 aliphatic carbocycles. The second-order valence-corrected chi connectivity index (χ2v) is 22.1. The highest BCUT2D eigenvalue weighted by atomic mass is 32.2. The Bertz CT molecular complexity index is 1250. The van der Waals surface area contributed by atoms with Crippen molar-refractivity contribution in [2.75, 3.05) is 0 Å². The van der Waals surface area contributed by atoms with Crippen LogP contribution in [0.2, 0.25) is 0 Å². The van der Waals surface area contributed by atoms with Crippen LogP contribution in [0.4, 0.5) is 0 Å². The highest BCUT2D eigenvalue weighted by molar-refractivity contribution is 7.90. The van der Waals surface area contributed by atoms with Crippen LogP contribution in [-0.4, -0.2) is 54.7 Å². The van der Waals surface area contributed by atoms with Crippen molar-refractivity contribution in [1.82, 2.24) is 0 Å². The van der Waals surface area contributed by atoms with E-state index < -0.39 is 61.1 Å². The SMILES string of the molecule is C=CC[C@@H](C)[C@@H](C(C)C)S(N)(=O)=O.C=CC[C@@H](C)[C@H](C(C)C)S(N)(=O)=O.C=CC[C@H](C)[C@@H](C(C)C)S(N)(=O)=O.C=CC[C@H](C)[C@H](C(C)C)S(N)(=O)=O. The van der Waals surface area contributed by atoms with E-state index in [-0.39, 0.29) is 47.3 Å². The molecule has 0 aliphatic heterocycles. The summed E-state index contributed by atoms with van der Waals surface area (Å²) in [6, 6.07) is 0. The Labute approximate surface area is 320 Å². The van der Waals surface area contributed by atoms with Crippen molar-refractivity contribution in [2.45, 2.75) is 130 Å². The Morgan fingerprint density at radius 1 is 0.346 bits per heavy atom. The first kappa shape index (κ1) is 57.3. The summed E-state index contributed by atoms with van der Waals surface area (Å²) in [6.07, 6.45) is 9.63. The van der Waals surface area contributed by atoms with Gasteiger partial charge in [0.05, 0.1) is 21.0 Å². The van der Waals surface area contributed by atoms with Gasteiger partial charge < -0.3 is 0 Å². The molecule has 8 atom stereocenters. The molecule has 0 unspecified atom stereocenters. The van der Waals surface area contributed by atoms with E-state index in [1.54, 1.807) is 24.3 Å².